The topological polar surface area (TPSA) is 246 Å². The fourth-order valence-electron chi connectivity index (χ4n) is 2.87. The van der Waals surface area contributed by atoms with Crippen LogP contribution in [0.2, 0.25) is 0 Å². The Labute approximate surface area is 204 Å². The first-order valence-corrected chi connectivity index (χ1v) is 11.4. The van der Waals surface area contributed by atoms with Gasteiger partial charge in [-0.1, -0.05) is 0 Å². The molecule has 8 N–H and O–H groups in total. The minimum atomic E-state index is -1.66. The van der Waals surface area contributed by atoms with E-state index < -0.39 is 53.6 Å². The molecule has 0 aromatic carbocycles. The number of nitrogens with zero attached hydrogens (tertiary/aromatic N) is 2. The predicted molar refractivity (Wildman–Crippen MR) is 118 cm³/mol. The van der Waals surface area contributed by atoms with Crippen molar-refractivity contribution in [1.29, 1.82) is 0 Å². The summed E-state index contributed by atoms with van der Waals surface area (Å²) in [6, 6.07) is -2.68. The first-order valence-electron chi connectivity index (χ1n) is 9.61. The number of carboxylic acids is 1. The molecule has 2 aliphatic heterocycles. The molecule has 0 bridgehead atoms. The molecule has 0 radical (unpaired) electrons. The minimum absolute atomic E-state index is 0.0300. The Kier molecular flexibility index (Phi) is 7.99. The van der Waals surface area contributed by atoms with Crippen molar-refractivity contribution in [1.82, 2.24) is 15.2 Å². The molecule has 190 valence electrons. The molecule has 1 saturated heterocycles. The molecule has 0 saturated carbocycles. The quantitative estimate of drug-likeness (QED) is 0.171. The Morgan fingerprint density at radius 2 is 2.03 bits per heavy atom. The van der Waals surface area contributed by atoms with Crippen LogP contribution < -0.4 is 22.1 Å². The number of hydrogen-bond acceptors (Lipinski definition) is 13. The van der Waals surface area contributed by atoms with E-state index in [1.807, 2.05) is 0 Å². The van der Waals surface area contributed by atoms with Gasteiger partial charge in [-0.05, 0) is 0 Å². The summed E-state index contributed by atoms with van der Waals surface area (Å²) in [6.07, 6.45) is -2.55. The number of fused-ring (bicyclic) bond motifs is 1. The molecule has 1 aromatic heterocycles. The second-order valence-corrected chi connectivity index (χ2v) is 9.06. The van der Waals surface area contributed by atoms with Gasteiger partial charge < -0.3 is 41.2 Å². The number of carboxylic acid groups (broad SMARTS) is 2. The Bertz CT molecular complexity index is 1080. The monoisotopic (exact) mass is 532 g/mol. The van der Waals surface area contributed by atoms with Gasteiger partial charge in [0.05, 0.1) is 24.6 Å². The number of methoxy groups -OCH3 is 1. The van der Waals surface area contributed by atoms with Crippen LogP contribution >= 0.6 is 23.1 Å². The molecule has 1 aromatic rings. The largest absolute Gasteiger partial charge is 0.512 e. The molecule has 16 nitrogen and oxygen atoms in total. The highest BCUT2D eigenvalue weighted by Crippen LogP contribution is 2.43. The van der Waals surface area contributed by atoms with Crippen LogP contribution in [0.25, 0.3) is 0 Å². The molecular weight excluding hydrogens is 512 g/mol. The highest BCUT2D eigenvalue weighted by atomic mass is 32.2. The highest BCUT2D eigenvalue weighted by molar-refractivity contribution is 8.00. The zero-order valence-corrected chi connectivity index (χ0v) is 19.5. The number of ether oxygens (including phenoxy) is 3. The van der Waals surface area contributed by atoms with Crippen LogP contribution in [0.1, 0.15) is 18.2 Å². The fraction of sp³-hybridized carbons (Fsp3) is 0.412. The van der Waals surface area contributed by atoms with E-state index in [2.05, 4.69) is 20.4 Å². The van der Waals surface area contributed by atoms with Crippen LogP contribution in [0.5, 0.6) is 0 Å². The van der Waals surface area contributed by atoms with E-state index in [0.29, 0.717) is 0 Å². The average Bonchev–Trinajstić information content (AvgIpc) is 3.23. The van der Waals surface area contributed by atoms with Crippen molar-refractivity contribution in [2.45, 2.75) is 29.3 Å². The molecule has 2 unspecified atom stereocenters. The maximum Gasteiger partial charge on any atom is 0.512 e. The van der Waals surface area contributed by atoms with E-state index in [4.69, 9.17) is 31.2 Å². The Morgan fingerprint density at radius 1 is 1.31 bits per heavy atom. The number of carbonyl (C=O) groups is 5. The molecule has 35 heavy (non-hydrogen) atoms. The van der Waals surface area contributed by atoms with Crippen LogP contribution in [0, 0.1) is 0 Å². The smallest absolute Gasteiger partial charge is 0.493 e. The van der Waals surface area contributed by atoms with Crippen molar-refractivity contribution in [3.05, 3.63) is 22.7 Å². The summed E-state index contributed by atoms with van der Waals surface area (Å²) < 4.78 is 14.6. The summed E-state index contributed by atoms with van der Waals surface area (Å²) in [6.45, 7) is -0.562. The van der Waals surface area contributed by atoms with Crippen LogP contribution in [-0.4, -0.2) is 80.6 Å². The summed E-state index contributed by atoms with van der Waals surface area (Å²) in [5, 5.41) is 22.6. The summed E-state index contributed by atoms with van der Waals surface area (Å²) >= 11 is 2.06. The summed E-state index contributed by atoms with van der Waals surface area (Å²) in [5.41, 5.74) is 11.3. The number of β-lactam (4-membered cyclic amide) rings is 1. The number of nitrogens with one attached hydrogen (secondary N) is 2. The van der Waals surface area contributed by atoms with E-state index >= 15 is 0 Å². The lowest BCUT2D eigenvalue weighted by Gasteiger charge is -2.45. The molecule has 3 amide bonds. The number of rotatable bonds is 9. The molecular formula is C17H20N6O10S2. The van der Waals surface area contributed by atoms with E-state index in [1.54, 1.807) is 0 Å². The summed E-state index contributed by atoms with van der Waals surface area (Å²) in [7, 11) is 1.23. The predicted octanol–water partition coefficient (Wildman–Crippen LogP) is -0.639. The molecule has 0 spiro atoms. The number of anilines is 1. The van der Waals surface area contributed by atoms with Gasteiger partial charge in [-0.25, -0.2) is 14.6 Å². The zero-order valence-electron chi connectivity index (χ0n) is 17.8. The van der Waals surface area contributed by atoms with E-state index in [9.17, 15) is 24.0 Å². The van der Waals surface area contributed by atoms with Crippen molar-refractivity contribution in [2.75, 3.05) is 19.0 Å². The third-order valence-electron chi connectivity index (χ3n) is 4.59. The van der Waals surface area contributed by atoms with Crippen molar-refractivity contribution in [3.63, 3.8) is 0 Å². The van der Waals surface area contributed by atoms with Crippen molar-refractivity contribution < 1.29 is 48.4 Å². The lowest BCUT2D eigenvalue weighted by Crippen LogP contribution is -2.57. The van der Waals surface area contributed by atoms with Crippen LogP contribution in [0.4, 0.5) is 14.7 Å². The molecule has 3 rings (SSSR count). The first-order chi connectivity index (χ1) is 16.5. The van der Waals surface area contributed by atoms with E-state index in [1.165, 1.54) is 12.5 Å². The average molecular weight is 533 g/mol. The van der Waals surface area contributed by atoms with E-state index in [0.717, 1.165) is 28.0 Å². The molecule has 3 heterocycles. The number of aromatic nitrogens is 1. The SMILES string of the molecule is COC1=C(OC(=O)O)N2C(=O)C[C@@H]2SC1NC(=O)C(N)c1csc(NC(=O)OC[C@@H](N)C(=O)O)n1. The third kappa shape index (κ3) is 5.91. The minimum Gasteiger partial charge on any atom is -0.493 e. The summed E-state index contributed by atoms with van der Waals surface area (Å²) in [4.78, 5) is 63.3. The fourth-order valence-corrected chi connectivity index (χ4v) is 4.99. The van der Waals surface area contributed by atoms with Crippen molar-refractivity contribution in [3.8, 4) is 0 Å². The van der Waals surface area contributed by atoms with Gasteiger partial charge in [0.1, 0.15) is 24.1 Å². The first kappa shape index (κ1) is 26.0. The van der Waals surface area contributed by atoms with Gasteiger partial charge in [-0.2, -0.15) is 0 Å². The molecule has 1 fully saturated rings. The number of aliphatic carboxylic acids is 1. The van der Waals surface area contributed by atoms with Gasteiger partial charge in [0.2, 0.25) is 11.8 Å². The second kappa shape index (κ2) is 10.8. The molecule has 0 aliphatic carbocycles. The van der Waals surface area contributed by atoms with Gasteiger partial charge in [0.25, 0.3) is 5.88 Å². The maximum absolute atomic E-state index is 12.8. The lowest BCUT2D eigenvalue weighted by atomic mass is 10.2. The van der Waals surface area contributed by atoms with Gasteiger partial charge >= 0.3 is 18.2 Å². The Balaban J connectivity index is 1.64. The second-order valence-electron chi connectivity index (χ2n) is 6.91. The van der Waals surface area contributed by atoms with Crippen LogP contribution in [0.15, 0.2) is 17.0 Å². The van der Waals surface area contributed by atoms with Crippen LogP contribution in [0.3, 0.4) is 0 Å². The Hall–Kier alpha value is -3.61. The van der Waals surface area contributed by atoms with Crippen molar-refractivity contribution in [2.24, 2.45) is 11.5 Å². The highest BCUT2D eigenvalue weighted by Gasteiger charge is 2.49. The molecule has 2 aliphatic rings. The maximum atomic E-state index is 12.8. The number of amides is 3. The van der Waals surface area contributed by atoms with Crippen LogP contribution in [-0.2, 0) is 28.6 Å². The molecule has 18 heteroatoms. The third-order valence-corrected chi connectivity index (χ3v) is 6.66. The number of thiazole rings is 1. The van der Waals surface area contributed by atoms with E-state index in [-0.39, 0.29) is 34.8 Å². The number of carbonyl (C=O) groups excluding carboxylic acids is 3. The number of hydrogen-bond donors (Lipinski definition) is 6. The lowest BCUT2D eigenvalue weighted by molar-refractivity contribution is -0.142. The van der Waals surface area contributed by atoms with Gasteiger partial charge in [0, 0.05) is 5.38 Å². The number of thioether (sulfide) groups is 1. The standard InChI is InChI=1S/C17H20N6O10S2/c1-31-10-12(35-8-2-7(24)23(8)13(10)33-17(29)30)21-11(25)9(19)6-4-34-15(20-6)22-16(28)32-3-5(18)14(26)27/h4-5,8-9,12H,2-3,18-19H2,1H3,(H,21,25)(H,26,27)(H,29,30)(H,20,22,28)/t5-,8+,9?,12?/m1/s1. The van der Waals surface area contributed by atoms with Gasteiger partial charge in [0.15, 0.2) is 10.9 Å². The Morgan fingerprint density at radius 3 is 2.63 bits per heavy atom. The number of nitrogens with two attached hydrogens (primary N) is 2. The molecule has 4 atom stereocenters. The van der Waals surface area contributed by atoms with Gasteiger partial charge in [-0.15, -0.1) is 23.1 Å². The van der Waals surface area contributed by atoms with Crippen molar-refractivity contribution >= 4 is 58.3 Å². The normalized spacial score (nSPS) is 20.7. The summed E-state index contributed by atoms with van der Waals surface area (Å²) in [5.74, 6) is -2.84. The zero-order chi connectivity index (χ0) is 25.9. The van der Waals surface area contributed by atoms with Gasteiger partial charge in [-0.3, -0.25) is 24.6 Å².